The van der Waals surface area contributed by atoms with Crippen LogP contribution in [0.15, 0.2) is 24.3 Å². The molecule has 0 radical (unpaired) electrons. The maximum Gasteiger partial charge on any atom is 0.264 e. The fourth-order valence-corrected chi connectivity index (χ4v) is 2.48. The van der Waals surface area contributed by atoms with Crippen LogP contribution in [-0.2, 0) is 11.2 Å². The normalized spacial score (nSPS) is 17.2. The molecule has 1 amide bonds. The maximum absolute atomic E-state index is 12.5. The largest absolute Gasteiger partial charge is 0.480 e. The van der Waals surface area contributed by atoms with Crippen molar-refractivity contribution in [3.8, 4) is 5.75 Å². The molecule has 1 atom stereocenters. The third kappa shape index (κ3) is 3.21. The summed E-state index contributed by atoms with van der Waals surface area (Å²) >= 11 is 5.72. The van der Waals surface area contributed by atoms with Gasteiger partial charge in [-0.05, 0) is 31.9 Å². The molecule has 0 aromatic heterocycles. The van der Waals surface area contributed by atoms with Gasteiger partial charge in [-0.25, -0.2) is 0 Å². The molecule has 1 aromatic rings. The summed E-state index contributed by atoms with van der Waals surface area (Å²) in [4.78, 5) is 14.4. The van der Waals surface area contributed by atoms with Crippen LogP contribution in [0.2, 0.25) is 0 Å². The van der Waals surface area contributed by atoms with E-state index < -0.39 is 0 Å². The highest BCUT2D eigenvalue weighted by Gasteiger charge is 2.32. The minimum absolute atomic E-state index is 0.0660. The first-order valence-corrected chi connectivity index (χ1v) is 7.28. The lowest BCUT2D eigenvalue weighted by molar-refractivity contribution is -0.139. The number of carbonyl (C=O) groups is 1. The van der Waals surface area contributed by atoms with Crippen LogP contribution in [0, 0.1) is 0 Å². The first-order valence-electron chi connectivity index (χ1n) is 6.74. The van der Waals surface area contributed by atoms with Crippen molar-refractivity contribution in [2.24, 2.45) is 0 Å². The smallest absolute Gasteiger partial charge is 0.264 e. The first kappa shape index (κ1) is 14.2. The summed E-state index contributed by atoms with van der Waals surface area (Å²) in [6, 6.07) is 8.01. The number of fused-ring (bicyclic) bond motifs is 1. The number of nitrogens with zero attached hydrogens (tertiary/aromatic N) is 1. The standard InChI is InChI=1S/C15H20ClNO2/c1-11(2)17(9-5-8-16)15(18)14-10-12-6-3-4-7-13(12)19-14/h3-4,6-7,11,14H,5,8-10H2,1-2H3. The number of rotatable bonds is 5. The van der Waals surface area contributed by atoms with Crippen LogP contribution >= 0.6 is 11.6 Å². The lowest BCUT2D eigenvalue weighted by atomic mass is 10.1. The van der Waals surface area contributed by atoms with Crippen molar-refractivity contribution in [1.29, 1.82) is 0 Å². The van der Waals surface area contributed by atoms with E-state index in [1.54, 1.807) is 0 Å². The predicted octanol–water partition coefficient (Wildman–Crippen LogP) is 2.86. The average Bonchev–Trinajstić information content (AvgIpc) is 2.82. The van der Waals surface area contributed by atoms with Gasteiger partial charge in [0.25, 0.3) is 5.91 Å². The van der Waals surface area contributed by atoms with Crippen molar-refractivity contribution >= 4 is 17.5 Å². The summed E-state index contributed by atoms with van der Waals surface area (Å²) in [5.74, 6) is 1.47. The molecule has 0 N–H and O–H groups in total. The van der Waals surface area contributed by atoms with Gasteiger partial charge in [-0.1, -0.05) is 18.2 Å². The molecular weight excluding hydrogens is 262 g/mol. The number of hydrogen-bond acceptors (Lipinski definition) is 2. The summed E-state index contributed by atoms with van der Waals surface area (Å²) in [6.07, 6.45) is 1.10. The summed E-state index contributed by atoms with van der Waals surface area (Å²) in [5, 5.41) is 0. The van der Waals surface area contributed by atoms with Crippen LogP contribution < -0.4 is 4.74 Å². The van der Waals surface area contributed by atoms with Gasteiger partial charge in [0.15, 0.2) is 6.10 Å². The quantitative estimate of drug-likeness (QED) is 0.777. The SMILES string of the molecule is CC(C)N(CCCCl)C(=O)C1Cc2ccccc2O1. The third-order valence-electron chi connectivity index (χ3n) is 3.36. The van der Waals surface area contributed by atoms with E-state index in [-0.39, 0.29) is 18.1 Å². The second kappa shape index (κ2) is 6.29. The number of hydrogen-bond donors (Lipinski definition) is 0. The second-order valence-corrected chi connectivity index (χ2v) is 5.46. The number of alkyl halides is 1. The molecule has 0 spiro atoms. The minimum Gasteiger partial charge on any atom is -0.480 e. The van der Waals surface area contributed by atoms with Crippen LogP contribution in [0.1, 0.15) is 25.8 Å². The lowest BCUT2D eigenvalue weighted by Gasteiger charge is -2.28. The molecular formula is C15H20ClNO2. The fourth-order valence-electron chi connectivity index (χ4n) is 2.36. The molecule has 1 aliphatic rings. The highest BCUT2D eigenvalue weighted by molar-refractivity contribution is 6.17. The van der Waals surface area contributed by atoms with Crippen molar-refractivity contribution in [2.75, 3.05) is 12.4 Å². The van der Waals surface area contributed by atoms with E-state index in [1.165, 1.54) is 0 Å². The van der Waals surface area contributed by atoms with E-state index in [2.05, 4.69) is 0 Å². The van der Waals surface area contributed by atoms with Gasteiger partial charge in [0, 0.05) is 24.9 Å². The molecule has 3 nitrogen and oxygen atoms in total. The minimum atomic E-state index is -0.380. The molecule has 0 bridgehead atoms. The van der Waals surface area contributed by atoms with Crippen LogP contribution in [0.5, 0.6) is 5.75 Å². The van der Waals surface area contributed by atoms with Gasteiger partial charge >= 0.3 is 0 Å². The van der Waals surface area contributed by atoms with Gasteiger partial charge in [-0.2, -0.15) is 0 Å². The molecule has 2 rings (SSSR count). The molecule has 1 heterocycles. The van der Waals surface area contributed by atoms with Crippen molar-refractivity contribution in [1.82, 2.24) is 4.90 Å². The number of amides is 1. The molecule has 19 heavy (non-hydrogen) atoms. The Kier molecular flexibility index (Phi) is 4.70. The zero-order valence-electron chi connectivity index (χ0n) is 11.4. The molecule has 104 valence electrons. The Hall–Kier alpha value is -1.22. The Balaban J connectivity index is 2.04. The Bertz CT molecular complexity index is 423. The molecule has 1 aliphatic heterocycles. The summed E-state index contributed by atoms with van der Waals surface area (Å²) in [5.41, 5.74) is 1.11. The topological polar surface area (TPSA) is 29.5 Å². The van der Waals surface area contributed by atoms with Crippen molar-refractivity contribution in [3.63, 3.8) is 0 Å². The lowest BCUT2D eigenvalue weighted by Crippen LogP contribution is -2.45. The zero-order valence-corrected chi connectivity index (χ0v) is 12.2. The van der Waals surface area contributed by atoms with Crippen LogP contribution in [0.25, 0.3) is 0 Å². The Morgan fingerprint density at radius 3 is 2.84 bits per heavy atom. The molecule has 0 fully saturated rings. The van der Waals surface area contributed by atoms with Gasteiger partial charge in [-0.3, -0.25) is 4.79 Å². The third-order valence-corrected chi connectivity index (χ3v) is 3.63. The Labute approximate surface area is 119 Å². The van der Waals surface area contributed by atoms with Crippen LogP contribution in [0.3, 0.4) is 0 Å². The number of benzene rings is 1. The van der Waals surface area contributed by atoms with Crippen molar-refractivity contribution < 1.29 is 9.53 Å². The molecule has 0 saturated carbocycles. The Morgan fingerprint density at radius 1 is 1.47 bits per heavy atom. The van der Waals surface area contributed by atoms with E-state index >= 15 is 0 Å². The number of carbonyl (C=O) groups excluding carboxylic acids is 1. The van der Waals surface area contributed by atoms with Crippen molar-refractivity contribution in [3.05, 3.63) is 29.8 Å². The molecule has 1 aromatic carbocycles. The van der Waals surface area contributed by atoms with Crippen LogP contribution in [0.4, 0.5) is 0 Å². The second-order valence-electron chi connectivity index (χ2n) is 5.09. The summed E-state index contributed by atoms with van der Waals surface area (Å²) in [6.45, 7) is 4.73. The van der Waals surface area contributed by atoms with E-state index in [1.807, 2.05) is 43.0 Å². The Morgan fingerprint density at radius 2 is 2.21 bits per heavy atom. The monoisotopic (exact) mass is 281 g/mol. The molecule has 0 aliphatic carbocycles. The molecule has 4 heteroatoms. The zero-order chi connectivity index (χ0) is 13.8. The first-order chi connectivity index (χ1) is 9.13. The average molecular weight is 282 g/mol. The maximum atomic E-state index is 12.5. The summed E-state index contributed by atoms with van der Waals surface area (Å²) < 4.78 is 5.76. The van der Waals surface area contributed by atoms with Gasteiger partial charge in [0.1, 0.15) is 5.75 Å². The van der Waals surface area contributed by atoms with Gasteiger partial charge < -0.3 is 9.64 Å². The number of halogens is 1. The van der Waals surface area contributed by atoms with E-state index in [0.29, 0.717) is 18.8 Å². The predicted molar refractivity (Wildman–Crippen MR) is 76.7 cm³/mol. The fraction of sp³-hybridized carbons (Fsp3) is 0.533. The van der Waals surface area contributed by atoms with Gasteiger partial charge in [-0.15, -0.1) is 11.6 Å². The van der Waals surface area contributed by atoms with Gasteiger partial charge in [0.05, 0.1) is 0 Å². The highest BCUT2D eigenvalue weighted by Crippen LogP contribution is 2.29. The van der Waals surface area contributed by atoms with Crippen LogP contribution in [-0.4, -0.2) is 35.4 Å². The highest BCUT2D eigenvalue weighted by atomic mass is 35.5. The van der Waals surface area contributed by atoms with E-state index in [4.69, 9.17) is 16.3 Å². The molecule has 0 saturated heterocycles. The number of para-hydroxylation sites is 1. The van der Waals surface area contributed by atoms with E-state index in [9.17, 15) is 4.79 Å². The van der Waals surface area contributed by atoms with E-state index in [0.717, 1.165) is 17.7 Å². The van der Waals surface area contributed by atoms with Crippen molar-refractivity contribution in [2.45, 2.75) is 38.8 Å². The molecule has 1 unspecified atom stereocenters. The summed E-state index contributed by atoms with van der Waals surface area (Å²) in [7, 11) is 0. The van der Waals surface area contributed by atoms with Gasteiger partial charge in [0.2, 0.25) is 0 Å². The number of ether oxygens (including phenoxy) is 1.